The predicted octanol–water partition coefficient (Wildman–Crippen LogP) is 4.17. The molecule has 0 radical (unpaired) electrons. The van der Waals surface area contributed by atoms with E-state index >= 15 is 0 Å². The number of alkyl halides is 2. The monoisotopic (exact) mass is 347 g/mol. The average molecular weight is 347 g/mol. The van der Waals surface area contributed by atoms with Crippen LogP contribution in [0.3, 0.4) is 0 Å². The Bertz CT molecular complexity index is 960. The summed E-state index contributed by atoms with van der Waals surface area (Å²) in [5.74, 6) is 0.0877. The lowest BCUT2D eigenvalue weighted by Crippen LogP contribution is -2.10. The molecule has 3 aromatic rings. The van der Waals surface area contributed by atoms with Crippen LogP contribution in [0.15, 0.2) is 58.7 Å². The van der Waals surface area contributed by atoms with Crippen molar-refractivity contribution >= 4 is 27.3 Å². The van der Waals surface area contributed by atoms with Gasteiger partial charge in [-0.1, -0.05) is 35.6 Å². The third kappa shape index (κ3) is 3.35. The average Bonchev–Trinajstić information content (AvgIpc) is 2.89. The molecule has 0 saturated carbocycles. The van der Waals surface area contributed by atoms with Gasteiger partial charge in [0.2, 0.25) is 4.80 Å². The Labute approximate surface area is 141 Å². The number of aryl methyl sites for hydroxylation is 1. The predicted molar refractivity (Wildman–Crippen MR) is 91.6 cm³/mol. The van der Waals surface area contributed by atoms with E-state index in [1.165, 1.54) is 17.4 Å². The second kappa shape index (κ2) is 6.92. The Kier molecular flexibility index (Phi) is 4.71. The molecule has 0 spiro atoms. The number of benzene rings is 2. The summed E-state index contributed by atoms with van der Waals surface area (Å²) >= 11 is 1.51. The van der Waals surface area contributed by atoms with Gasteiger partial charge in [-0.3, -0.25) is 0 Å². The molecule has 0 aliphatic carbocycles. The summed E-state index contributed by atoms with van der Waals surface area (Å²) in [6.07, 6.45) is 0. The molecule has 3 rings (SSSR count). The lowest BCUT2D eigenvalue weighted by Gasteiger charge is -2.09. The number of fused-ring (bicyclic) bond motifs is 1. The lowest BCUT2D eigenvalue weighted by atomic mass is 10.1. The number of halogens is 2. The van der Waals surface area contributed by atoms with Crippen molar-refractivity contribution in [2.75, 3.05) is 0 Å². The highest BCUT2D eigenvalue weighted by Gasteiger charge is 2.11. The minimum atomic E-state index is -2.88. The molecule has 0 aliphatic heterocycles. The molecule has 24 heavy (non-hydrogen) atoms. The highest BCUT2D eigenvalue weighted by Crippen LogP contribution is 2.21. The van der Waals surface area contributed by atoms with Gasteiger partial charge >= 0.3 is 6.61 Å². The summed E-state index contributed by atoms with van der Waals surface area (Å²) in [6, 6.07) is 14.5. The summed E-state index contributed by atoms with van der Waals surface area (Å²) in [6.45, 7) is -1.17. The van der Waals surface area contributed by atoms with Gasteiger partial charge in [0.15, 0.2) is 0 Å². The van der Waals surface area contributed by atoms with E-state index in [1.54, 1.807) is 25.1 Å². The fourth-order valence-corrected chi connectivity index (χ4v) is 3.28. The second-order valence-corrected chi connectivity index (χ2v) is 6.08. The zero-order chi connectivity index (χ0) is 17.1. The van der Waals surface area contributed by atoms with Crippen LogP contribution in [-0.2, 0) is 7.05 Å². The van der Waals surface area contributed by atoms with E-state index in [4.69, 9.17) is 0 Å². The largest absolute Gasteiger partial charge is 0.434 e. The van der Waals surface area contributed by atoms with E-state index in [1.807, 2.05) is 35.9 Å². The maximum absolute atomic E-state index is 12.5. The number of hydrogen-bond acceptors (Lipinski definition) is 4. The van der Waals surface area contributed by atoms with Crippen LogP contribution in [0, 0.1) is 0 Å². The zero-order valence-electron chi connectivity index (χ0n) is 13.1. The van der Waals surface area contributed by atoms with Crippen molar-refractivity contribution in [1.29, 1.82) is 0 Å². The highest BCUT2D eigenvalue weighted by molar-refractivity contribution is 7.16. The first-order chi connectivity index (χ1) is 11.6. The Morgan fingerprint density at radius 3 is 2.58 bits per heavy atom. The fourth-order valence-electron chi connectivity index (χ4n) is 2.31. The SMILES string of the molecule is C/C(=N/N=c1\sc2ccccc2n1C)c1ccccc1OC(F)F. The number of hydrogen-bond donors (Lipinski definition) is 0. The van der Waals surface area contributed by atoms with Crippen LogP contribution in [0.4, 0.5) is 8.78 Å². The molecule has 2 aromatic carbocycles. The Hall–Kier alpha value is -2.54. The maximum Gasteiger partial charge on any atom is 0.387 e. The fraction of sp³-hybridized carbons (Fsp3) is 0.176. The summed E-state index contributed by atoms with van der Waals surface area (Å²) in [5.41, 5.74) is 2.06. The van der Waals surface area contributed by atoms with Crippen LogP contribution >= 0.6 is 11.3 Å². The molecular weight excluding hydrogens is 332 g/mol. The number of thiazole rings is 1. The third-order valence-corrected chi connectivity index (χ3v) is 4.60. The molecule has 1 aromatic heterocycles. The normalized spacial score (nSPS) is 13.0. The van der Waals surface area contributed by atoms with Gasteiger partial charge in [0.05, 0.1) is 15.9 Å². The molecule has 1 heterocycles. The Morgan fingerprint density at radius 2 is 1.83 bits per heavy atom. The van der Waals surface area contributed by atoms with E-state index in [9.17, 15) is 8.78 Å². The molecule has 7 heteroatoms. The quantitative estimate of drug-likeness (QED) is 0.516. The third-order valence-electron chi connectivity index (χ3n) is 3.49. The smallest absolute Gasteiger partial charge is 0.387 e. The minimum Gasteiger partial charge on any atom is -0.434 e. The minimum absolute atomic E-state index is 0.0877. The van der Waals surface area contributed by atoms with Crippen LogP contribution in [0.1, 0.15) is 12.5 Å². The van der Waals surface area contributed by atoms with Crippen molar-refractivity contribution in [2.24, 2.45) is 17.3 Å². The molecule has 0 bridgehead atoms. The molecular formula is C17H15F2N3OS. The van der Waals surface area contributed by atoms with Crippen molar-refractivity contribution in [3.8, 4) is 5.75 Å². The van der Waals surface area contributed by atoms with Gasteiger partial charge in [-0.05, 0) is 31.2 Å². The molecule has 124 valence electrons. The first-order valence-electron chi connectivity index (χ1n) is 7.23. The van der Waals surface area contributed by atoms with Gasteiger partial charge in [0.1, 0.15) is 5.75 Å². The van der Waals surface area contributed by atoms with Gasteiger partial charge in [0, 0.05) is 12.6 Å². The Morgan fingerprint density at radius 1 is 1.12 bits per heavy atom. The first-order valence-corrected chi connectivity index (χ1v) is 8.05. The molecule has 0 atom stereocenters. The van der Waals surface area contributed by atoms with E-state index in [2.05, 4.69) is 14.9 Å². The lowest BCUT2D eigenvalue weighted by molar-refractivity contribution is -0.0499. The van der Waals surface area contributed by atoms with Crippen LogP contribution < -0.4 is 9.54 Å². The van der Waals surface area contributed by atoms with Gasteiger partial charge in [-0.25, -0.2) is 0 Å². The highest BCUT2D eigenvalue weighted by atomic mass is 32.1. The van der Waals surface area contributed by atoms with E-state index in [0.29, 0.717) is 11.3 Å². The topological polar surface area (TPSA) is 38.9 Å². The maximum atomic E-state index is 12.5. The van der Waals surface area contributed by atoms with E-state index in [-0.39, 0.29) is 5.75 Å². The van der Waals surface area contributed by atoms with Crippen molar-refractivity contribution in [3.05, 3.63) is 58.9 Å². The summed E-state index contributed by atoms with van der Waals surface area (Å²) in [7, 11) is 1.91. The van der Waals surface area contributed by atoms with Crippen molar-refractivity contribution in [2.45, 2.75) is 13.5 Å². The number of ether oxygens (including phenoxy) is 1. The number of para-hydroxylation sites is 2. The molecule has 4 nitrogen and oxygen atoms in total. The van der Waals surface area contributed by atoms with Crippen LogP contribution in [-0.4, -0.2) is 16.9 Å². The standard InChI is InChI=1S/C17H15F2N3OS/c1-11(12-7-3-5-9-14(12)23-16(18)19)20-21-17-22(2)13-8-4-6-10-15(13)24-17/h3-10,16H,1-2H3/b20-11-,21-17-. The number of rotatable bonds is 4. The molecule has 0 aliphatic rings. The first kappa shape index (κ1) is 16.3. The van der Waals surface area contributed by atoms with Crippen LogP contribution in [0.5, 0.6) is 5.75 Å². The summed E-state index contributed by atoms with van der Waals surface area (Å²) in [5, 5.41) is 8.46. The molecule has 0 unspecified atom stereocenters. The molecule has 0 saturated heterocycles. The molecule has 0 N–H and O–H groups in total. The van der Waals surface area contributed by atoms with E-state index in [0.717, 1.165) is 15.0 Å². The number of nitrogens with zero attached hydrogens (tertiary/aromatic N) is 3. The summed E-state index contributed by atoms with van der Waals surface area (Å²) in [4.78, 5) is 0.725. The van der Waals surface area contributed by atoms with Crippen LogP contribution in [0.2, 0.25) is 0 Å². The Balaban J connectivity index is 2.01. The molecule has 0 fully saturated rings. The van der Waals surface area contributed by atoms with Gasteiger partial charge in [-0.2, -0.15) is 13.9 Å². The second-order valence-electron chi connectivity index (χ2n) is 5.07. The summed E-state index contributed by atoms with van der Waals surface area (Å²) < 4.78 is 32.6. The van der Waals surface area contributed by atoms with Crippen LogP contribution in [0.25, 0.3) is 10.2 Å². The van der Waals surface area contributed by atoms with Gasteiger partial charge in [-0.15, -0.1) is 5.10 Å². The number of aromatic nitrogens is 1. The van der Waals surface area contributed by atoms with Gasteiger partial charge < -0.3 is 9.30 Å². The van der Waals surface area contributed by atoms with Crippen molar-refractivity contribution < 1.29 is 13.5 Å². The van der Waals surface area contributed by atoms with Gasteiger partial charge in [0.25, 0.3) is 0 Å². The zero-order valence-corrected chi connectivity index (χ0v) is 13.9. The van der Waals surface area contributed by atoms with Crippen molar-refractivity contribution in [1.82, 2.24) is 4.57 Å². The van der Waals surface area contributed by atoms with Crippen molar-refractivity contribution in [3.63, 3.8) is 0 Å². The van der Waals surface area contributed by atoms with E-state index < -0.39 is 6.61 Å². The molecule has 0 amide bonds.